The van der Waals surface area contributed by atoms with Crippen LogP contribution in [-0.4, -0.2) is 71.1 Å². The second kappa shape index (κ2) is 38.2. The number of carbonyl (C=O) groups is 4. The van der Waals surface area contributed by atoms with Crippen LogP contribution in [-0.2, 0) is 27.5 Å². The average Bonchev–Trinajstić information content (AvgIpc) is 0.716. The quantitative estimate of drug-likeness (QED) is 0.0602. The van der Waals surface area contributed by atoms with E-state index in [0.717, 1.165) is 134 Å². The molecule has 1 unspecified atom stereocenters. The van der Waals surface area contributed by atoms with E-state index in [1.807, 2.05) is 133 Å². The number of amides is 1. The molecule has 18 rings (SSSR count). The zero-order chi connectivity index (χ0) is 79.6. The Morgan fingerprint density at radius 2 is 0.876 bits per heavy atom. The molecule has 14 heteroatoms. The molecule has 0 radical (unpaired) electrons. The van der Waals surface area contributed by atoms with E-state index < -0.39 is 12.0 Å². The van der Waals surface area contributed by atoms with Gasteiger partial charge in [0.2, 0.25) is 11.9 Å². The van der Waals surface area contributed by atoms with Gasteiger partial charge in [-0.15, -0.1) is 0 Å². The first kappa shape index (κ1) is 81.7. The third-order valence-electron chi connectivity index (χ3n) is 23.8. The maximum atomic E-state index is 13.4. The predicted molar refractivity (Wildman–Crippen MR) is 458 cm³/mol. The third-order valence-corrected chi connectivity index (χ3v) is 23.8. The fourth-order valence-electron chi connectivity index (χ4n) is 18.2. The largest absolute Gasteiger partial charge is 0.487 e. The highest BCUT2D eigenvalue weighted by Gasteiger charge is 2.49. The van der Waals surface area contributed by atoms with E-state index in [2.05, 4.69) is 119 Å². The van der Waals surface area contributed by atoms with Crippen LogP contribution in [0.1, 0.15) is 221 Å². The fourth-order valence-corrected chi connectivity index (χ4v) is 18.2. The number of hydrogen-bond donors (Lipinski definition) is 2. The van der Waals surface area contributed by atoms with Crippen molar-refractivity contribution in [2.45, 2.75) is 213 Å². The summed E-state index contributed by atoms with van der Waals surface area (Å²) in [4.78, 5) is 70.6. The molecule has 1 amide bonds. The zero-order valence-electron chi connectivity index (χ0n) is 67.2. The molecule has 3 N–H and O–H groups in total. The number of aldehydes is 1. The van der Waals surface area contributed by atoms with Crippen molar-refractivity contribution in [2.75, 3.05) is 0 Å². The van der Waals surface area contributed by atoms with Crippen LogP contribution in [0.3, 0.4) is 0 Å². The van der Waals surface area contributed by atoms with Crippen molar-refractivity contribution >= 4 is 89.6 Å². The summed E-state index contributed by atoms with van der Waals surface area (Å²) >= 11 is 0. The molecule has 4 fully saturated rings. The first-order chi connectivity index (χ1) is 54.7. The lowest BCUT2D eigenvalue weighted by Gasteiger charge is -2.49. The predicted octanol–water partition coefficient (Wildman–Crippen LogP) is 23.5. The third kappa shape index (κ3) is 20.0. The number of carboxylic acids is 1. The molecule has 2 aromatic heterocycles. The monoisotopic (exact) mass is 1510 g/mol. The Balaban J connectivity index is 0.000000134. The smallest absolute Gasteiger partial charge is 0.300 e. The minimum atomic E-state index is -0.833. The van der Waals surface area contributed by atoms with E-state index in [-0.39, 0.29) is 22.9 Å². The van der Waals surface area contributed by atoms with Gasteiger partial charge in [0, 0.05) is 96.3 Å². The van der Waals surface area contributed by atoms with Gasteiger partial charge < -0.3 is 30.1 Å². The molecule has 10 aromatic carbocycles. The number of aliphatic carboxylic acids is 1. The second-order valence-corrected chi connectivity index (χ2v) is 32.8. The van der Waals surface area contributed by atoms with Crippen LogP contribution < -0.4 is 15.2 Å². The number of nitrogens with two attached hydrogens (primary N) is 1. The molecule has 4 aliphatic carbocycles. The number of para-hydroxylation sites is 4. The first-order valence-electron chi connectivity index (χ1n) is 41.0. The number of carbonyl (C=O) groups excluding carboxylic acids is 3. The highest BCUT2D eigenvalue weighted by molar-refractivity contribution is 6.12. The van der Waals surface area contributed by atoms with E-state index in [1.54, 1.807) is 24.0 Å². The van der Waals surface area contributed by atoms with E-state index in [1.165, 1.54) is 105 Å². The van der Waals surface area contributed by atoms with Crippen LogP contribution >= 0.6 is 0 Å². The number of rotatable bonds is 9. The van der Waals surface area contributed by atoms with Crippen LogP contribution in [0.4, 0.5) is 0 Å². The molecule has 113 heavy (non-hydrogen) atoms. The molecular formula is C99H111N7O7. The highest BCUT2D eigenvalue weighted by Crippen LogP contribution is 2.58. The lowest BCUT2D eigenvalue weighted by Crippen LogP contribution is -2.46. The lowest BCUT2D eigenvalue weighted by molar-refractivity contribution is -0.139. The first-order valence-corrected chi connectivity index (χ1v) is 41.0. The summed E-state index contributed by atoms with van der Waals surface area (Å²) in [5.74, 6) is 5.25. The molecule has 4 saturated carbocycles. The summed E-state index contributed by atoms with van der Waals surface area (Å²) in [6, 6.07) is 72.1. The van der Waals surface area contributed by atoms with Crippen LogP contribution in [0.25, 0.3) is 70.5 Å². The maximum absolute atomic E-state index is 13.4. The topological polar surface area (TPSA) is 192 Å². The minimum absolute atomic E-state index is 0.0651. The van der Waals surface area contributed by atoms with E-state index in [9.17, 15) is 14.4 Å². The van der Waals surface area contributed by atoms with Gasteiger partial charge in [-0.1, -0.05) is 259 Å². The van der Waals surface area contributed by atoms with E-state index >= 15 is 0 Å². The van der Waals surface area contributed by atoms with Crippen LogP contribution in [0.15, 0.2) is 218 Å². The molecule has 0 saturated heterocycles. The van der Waals surface area contributed by atoms with Gasteiger partial charge in [-0.2, -0.15) is 0 Å². The average molecular weight is 1510 g/mol. The molecule has 0 bridgehead atoms. The normalized spacial score (nSPS) is 20.0. The highest BCUT2D eigenvalue weighted by atomic mass is 16.5. The SMILES string of the molecule is CC(=O)N(Cc1ccccc1)C(C(=O)CC1CCCCC1)c1ccccc1.CC(=O)O.C[C@H]1CC[C@H]2[C@H](C1)c1c(c3ccccc3c3nc4ccccc4nc13)OC2(C)C.C[C@H]1CC[C@H]2[C@H](C1)c1c(c3ccccc3c3nc4ccccc4nc13)OC2(C)C.NCc1ccccc1.O=Cc1ccccc1.[C-]#[N+]C1CCCCC1. The van der Waals surface area contributed by atoms with Gasteiger partial charge in [-0.3, -0.25) is 19.2 Å². The summed E-state index contributed by atoms with van der Waals surface area (Å²) in [5.41, 5.74) is 19.4. The van der Waals surface area contributed by atoms with Crippen LogP contribution in [0, 0.1) is 36.2 Å². The molecule has 6 aliphatic rings. The number of aromatic nitrogens is 4. The van der Waals surface area contributed by atoms with Gasteiger partial charge in [0.1, 0.15) is 35.0 Å². The van der Waals surface area contributed by atoms with E-state index in [0.29, 0.717) is 55.1 Å². The standard InChI is InChI=1S/2C26H26N2O.C24H29NO2.C7H11N.C7H9N.C7H6O.C2H4O2/c2*1-15-12-13-19-18(14-15)22-24-23(27-20-10-6-7-11-21(20)28-24)16-8-4-5-9-17(16)25(22)29-26(19,2)3;1-19(26)25(18-21-13-7-3-8-14-21)24(22-15-9-4-10-16-22)23(27)17-20-11-5-2-6-12-20;1-8-7-5-3-2-4-6-7;2*8-6-7-4-2-1-3-5-7;1-2(3)4/h2*4-11,15,18-19H,12-14H2,1-3H3;3-4,7-10,13-16,20,24H,2,5-6,11-12,17-18H2,1H3;7H,2-6H2;1-5H,6,8H2;1-6H;1H3,(H,3,4)/t2*15-,18-,19-;;;;;/m00...../s1. The maximum Gasteiger partial charge on any atom is 0.300 e. The molecular weight excluding hydrogens is 1400 g/mol. The van der Waals surface area contributed by atoms with Crippen molar-refractivity contribution in [2.24, 2.45) is 35.3 Å². The molecule has 584 valence electrons. The van der Waals surface area contributed by atoms with Crippen molar-refractivity contribution in [3.63, 3.8) is 0 Å². The van der Waals surface area contributed by atoms with Crippen LogP contribution in [0.2, 0.25) is 0 Å². The van der Waals surface area contributed by atoms with Crippen LogP contribution in [0.5, 0.6) is 11.5 Å². The van der Waals surface area contributed by atoms with Gasteiger partial charge >= 0.3 is 0 Å². The second-order valence-electron chi connectivity index (χ2n) is 32.8. The summed E-state index contributed by atoms with van der Waals surface area (Å²) in [7, 11) is 0. The number of ether oxygens (including phenoxy) is 2. The Morgan fingerprint density at radius 3 is 1.26 bits per heavy atom. The molecule has 12 aromatic rings. The summed E-state index contributed by atoms with van der Waals surface area (Å²) in [5, 5.41) is 12.0. The van der Waals surface area contributed by atoms with Crippen molar-refractivity contribution in [1.82, 2.24) is 24.8 Å². The molecule has 7 atom stereocenters. The number of benzene rings is 10. The van der Waals surface area contributed by atoms with Crippen molar-refractivity contribution < 1.29 is 33.8 Å². The minimum Gasteiger partial charge on any atom is -0.487 e. The number of Topliss-reactive ketones (excluding diaryl/α,β-unsaturated/α-hetero) is 1. The number of nitrogens with zero attached hydrogens (tertiary/aromatic N) is 6. The fraction of sp³-hybridized carbons (Fsp3) is 0.384. The van der Waals surface area contributed by atoms with Gasteiger partial charge in [0.25, 0.3) is 5.97 Å². The lowest BCUT2D eigenvalue weighted by atomic mass is 9.64. The molecule has 4 heterocycles. The number of hydrogen-bond acceptors (Lipinski definition) is 11. The van der Waals surface area contributed by atoms with Gasteiger partial charge in [0.05, 0.1) is 44.1 Å². The number of carboxylic acid groups (broad SMARTS) is 1. The van der Waals surface area contributed by atoms with Crippen molar-refractivity contribution in [3.05, 3.63) is 263 Å². The molecule has 0 spiro atoms. The summed E-state index contributed by atoms with van der Waals surface area (Å²) in [6.45, 7) is 24.3. The Labute approximate surface area is 667 Å². The zero-order valence-corrected chi connectivity index (χ0v) is 67.2. The van der Waals surface area contributed by atoms with Gasteiger partial charge in [-0.25, -0.2) is 26.5 Å². The molecule has 14 nitrogen and oxygen atoms in total. The van der Waals surface area contributed by atoms with Gasteiger partial charge in [0.15, 0.2) is 5.78 Å². The molecule has 2 aliphatic heterocycles. The van der Waals surface area contributed by atoms with E-state index in [4.69, 9.17) is 51.6 Å². The number of ketones is 1. The Bertz CT molecular complexity index is 5050. The van der Waals surface area contributed by atoms with Gasteiger partial charge in [-0.05, 0) is 137 Å². The summed E-state index contributed by atoms with van der Waals surface area (Å²) < 4.78 is 13.6. The Morgan fingerprint density at radius 1 is 0.504 bits per heavy atom. The van der Waals surface area contributed by atoms with Crippen molar-refractivity contribution in [1.29, 1.82) is 0 Å². The Hall–Kier alpha value is -10.8. The number of fused-ring (bicyclic) bond motifs is 18. The van der Waals surface area contributed by atoms with Crippen molar-refractivity contribution in [3.8, 4) is 11.5 Å². The Kier molecular flexibility index (Phi) is 27.6. The summed E-state index contributed by atoms with van der Waals surface area (Å²) in [6.07, 6.45) is 21.0.